The van der Waals surface area contributed by atoms with Crippen molar-refractivity contribution in [3.63, 3.8) is 0 Å². The van der Waals surface area contributed by atoms with Gasteiger partial charge < -0.3 is 21.1 Å². The summed E-state index contributed by atoms with van der Waals surface area (Å²) < 4.78 is 0. The molecule has 1 amide bonds. The third kappa shape index (κ3) is 7.30. The third-order valence-electron chi connectivity index (χ3n) is 6.07. The molecular weight excluding hydrogens is 352 g/mol. The maximum Gasteiger partial charge on any atom is 0.220 e. The highest BCUT2D eigenvalue weighted by atomic mass is 16.3. The zero-order valence-electron chi connectivity index (χ0n) is 17.5. The number of aliphatic hydroxyl groups is 1. The van der Waals surface area contributed by atoms with Crippen molar-refractivity contribution in [3.8, 4) is 0 Å². The van der Waals surface area contributed by atoms with E-state index in [1.165, 1.54) is 32.1 Å². The number of anilines is 1. The Morgan fingerprint density at radius 2 is 2.14 bits per heavy atom. The van der Waals surface area contributed by atoms with E-state index >= 15 is 0 Å². The molecule has 1 aliphatic carbocycles. The van der Waals surface area contributed by atoms with Crippen LogP contribution in [0.1, 0.15) is 70.9 Å². The zero-order valence-corrected chi connectivity index (χ0v) is 17.5. The standard InChI is InChI=1S/C22H38N4O2/c1-4-17(15(2)3)13-20(27)19(12-16-8-6-5-7-9-16)26-21(28)11-10-18-14-24-22(23)25-18/h4,14-17,19-20,27H,1,5-13H2,2-3H3,(H,26,28)(H3,23,24,25)/t17-,19-,20-/m0/s1. The number of nitrogens with zero attached hydrogens (tertiary/aromatic N) is 1. The summed E-state index contributed by atoms with van der Waals surface area (Å²) in [6.07, 6.45) is 11.6. The smallest absolute Gasteiger partial charge is 0.220 e. The van der Waals surface area contributed by atoms with Gasteiger partial charge in [0, 0.05) is 12.1 Å². The van der Waals surface area contributed by atoms with Crippen LogP contribution in [0.2, 0.25) is 0 Å². The van der Waals surface area contributed by atoms with Gasteiger partial charge in [0.2, 0.25) is 5.91 Å². The van der Waals surface area contributed by atoms with Crippen molar-refractivity contribution >= 4 is 11.9 Å². The number of imidazole rings is 1. The Hall–Kier alpha value is -1.82. The summed E-state index contributed by atoms with van der Waals surface area (Å²) in [6, 6.07) is -0.205. The summed E-state index contributed by atoms with van der Waals surface area (Å²) >= 11 is 0. The van der Waals surface area contributed by atoms with E-state index in [1.807, 2.05) is 6.08 Å². The fourth-order valence-corrected chi connectivity index (χ4v) is 4.21. The summed E-state index contributed by atoms with van der Waals surface area (Å²) in [5, 5.41) is 14.1. The normalized spacial score (nSPS) is 18.6. The van der Waals surface area contributed by atoms with E-state index in [0.717, 1.165) is 12.1 Å². The first-order chi connectivity index (χ1) is 13.4. The topological polar surface area (TPSA) is 104 Å². The molecule has 0 aliphatic heterocycles. The van der Waals surface area contributed by atoms with Gasteiger partial charge in [0.05, 0.1) is 18.3 Å². The maximum atomic E-state index is 12.6. The molecule has 1 aliphatic rings. The van der Waals surface area contributed by atoms with Crippen LogP contribution in [-0.2, 0) is 11.2 Å². The molecule has 6 nitrogen and oxygen atoms in total. The second-order valence-corrected chi connectivity index (χ2v) is 8.65. The molecular formula is C22H38N4O2. The molecule has 0 radical (unpaired) electrons. The number of allylic oxidation sites excluding steroid dienone is 1. The van der Waals surface area contributed by atoms with Gasteiger partial charge in [0.15, 0.2) is 5.95 Å². The first kappa shape index (κ1) is 22.5. The second-order valence-electron chi connectivity index (χ2n) is 8.65. The van der Waals surface area contributed by atoms with E-state index in [4.69, 9.17) is 5.73 Å². The molecule has 0 aromatic carbocycles. The predicted molar refractivity (Wildman–Crippen MR) is 114 cm³/mol. The van der Waals surface area contributed by atoms with Gasteiger partial charge in [0.25, 0.3) is 0 Å². The molecule has 28 heavy (non-hydrogen) atoms. The highest BCUT2D eigenvalue weighted by Gasteiger charge is 2.28. The molecule has 5 N–H and O–H groups in total. The Kier molecular flexibility index (Phi) is 9.03. The molecule has 0 unspecified atom stereocenters. The van der Waals surface area contributed by atoms with Crippen molar-refractivity contribution in [3.05, 3.63) is 24.5 Å². The number of nitrogens with two attached hydrogens (primary N) is 1. The monoisotopic (exact) mass is 390 g/mol. The molecule has 1 aromatic heterocycles. The van der Waals surface area contributed by atoms with Gasteiger partial charge in [-0.3, -0.25) is 4.79 Å². The number of carbonyl (C=O) groups excluding carboxylic acids is 1. The molecule has 1 aromatic rings. The lowest BCUT2D eigenvalue weighted by Crippen LogP contribution is -2.45. The molecule has 0 bridgehead atoms. The molecule has 2 rings (SSSR count). The van der Waals surface area contributed by atoms with E-state index in [-0.39, 0.29) is 17.9 Å². The summed E-state index contributed by atoms with van der Waals surface area (Å²) in [5.41, 5.74) is 6.44. The first-order valence-electron chi connectivity index (χ1n) is 10.8. The molecule has 1 heterocycles. The summed E-state index contributed by atoms with van der Waals surface area (Å²) in [7, 11) is 0. The van der Waals surface area contributed by atoms with Crippen LogP contribution in [0.25, 0.3) is 0 Å². The minimum atomic E-state index is -0.556. The quantitative estimate of drug-likeness (QED) is 0.433. The van der Waals surface area contributed by atoms with Crippen LogP contribution in [0.5, 0.6) is 0 Å². The Labute approximate surface area is 169 Å². The van der Waals surface area contributed by atoms with Crippen molar-refractivity contribution in [2.24, 2.45) is 17.8 Å². The fourth-order valence-electron chi connectivity index (χ4n) is 4.21. The Morgan fingerprint density at radius 3 is 2.71 bits per heavy atom. The number of hydrogen-bond donors (Lipinski definition) is 4. The molecule has 0 saturated heterocycles. The summed E-state index contributed by atoms with van der Waals surface area (Å²) in [6.45, 7) is 8.20. The van der Waals surface area contributed by atoms with Gasteiger partial charge in [-0.05, 0) is 37.0 Å². The van der Waals surface area contributed by atoms with Crippen LogP contribution in [-0.4, -0.2) is 33.1 Å². The molecule has 3 atom stereocenters. The summed E-state index contributed by atoms with van der Waals surface area (Å²) in [5.74, 6) is 1.58. The van der Waals surface area contributed by atoms with Gasteiger partial charge >= 0.3 is 0 Å². The number of aromatic amines is 1. The maximum absolute atomic E-state index is 12.6. The lowest BCUT2D eigenvalue weighted by Gasteiger charge is -2.32. The number of aromatic nitrogens is 2. The SMILES string of the molecule is C=C[C@@H](C[C@H](O)[C@H](CC1CCCCC1)NC(=O)CCc1cnc(N)[nH]1)C(C)C. The van der Waals surface area contributed by atoms with Crippen molar-refractivity contribution < 1.29 is 9.90 Å². The fraction of sp³-hybridized carbons (Fsp3) is 0.727. The van der Waals surface area contributed by atoms with Crippen LogP contribution in [0.3, 0.4) is 0 Å². The van der Waals surface area contributed by atoms with Crippen LogP contribution in [0.15, 0.2) is 18.9 Å². The first-order valence-corrected chi connectivity index (χ1v) is 10.8. The van der Waals surface area contributed by atoms with E-state index in [9.17, 15) is 9.90 Å². The van der Waals surface area contributed by atoms with Crippen molar-refractivity contribution in [2.75, 3.05) is 5.73 Å². The van der Waals surface area contributed by atoms with Crippen LogP contribution in [0.4, 0.5) is 5.95 Å². The van der Waals surface area contributed by atoms with E-state index in [2.05, 4.69) is 35.7 Å². The van der Waals surface area contributed by atoms with Gasteiger partial charge in [0.1, 0.15) is 0 Å². The number of rotatable bonds is 11. The van der Waals surface area contributed by atoms with Crippen LogP contribution < -0.4 is 11.1 Å². The van der Waals surface area contributed by atoms with E-state index in [0.29, 0.717) is 37.0 Å². The molecule has 0 spiro atoms. The number of hydrogen-bond acceptors (Lipinski definition) is 4. The van der Waals surface area contributed by atoms with E-state index < -0.39 is 6.10 Å². The molecule has 6 heteroatoms. The number of carbonyl (C=O) groups is 1. The average Bonchev–Trinajstić information content (AvgIpc) is 3.09. The third-order valence-corrected chi connectivity index (χ3v) is 6.07. The number of nitrogen functional groups attached to an aromatic ring is 1. The van der Waals surface area contributed by atoms with Crippen molar-refractivity contribution in [2.45, 2.75) is 83.8 Å². The van der Waals surface area contributed by atoms with Gasteiger partial charge in [-0.2, -0.15) is 0 Å². The average molecular weight is 391 g/mol. The predicted octanol–water partition coefficient (Wildman–Crippen LogP) is 3.59. The van der Waals surface area contributed by atoms with Crippen LogP contribution >= 0.6 is 0 Å². The number of nitrogens with one attached hydrogen (secondary N) is 2. The Bertz CT molecular complexity index is 607. The number of aliphatic hydroxyl groups excluding tert-OH is 1. The van der Waals surface area contributed by atoms with Gasteiger partial charge in [-0.1, -0.05) is 52.0 Å². The number of amides is 1. The minimum Gasteiger partial charge on any atom is -0.391 e. The highest BCUT2D eigenvalue weighted by molar-refractivity contribution is 5.76. The second kappa shape index (κ2) is 11.2. The largest absolute Gasteiger partial charge is 0.391 e. The minimum absolute atomic E-state index is 0.0345. The Balaban J connectivity index is 1.95. The molecule has 1 saturated carbocycles. The Morgan fingerprint density at radius 1 is 1.43 bits per heavy atom. The van der Waals surface area contributed by atoms with Gasteiger partial charge in [-0.25, -0.2) is 4.98 Å². The zero-order chi connectivity index (χ0) is 20.5. The number of aryl methyl sites for hydroxylation is 1. The van der Waals surface area contributed by atoms with Crippen LogP contribution in [0, 0.1) is 17.8 Å². The van der Waals surface area contributed by atoms with Crippen molar-refractivity contribution in [1.29, 1.82) is 0 Å². The summed E-state index contributed by atoms with van der Waals surface area (Å²) in [4.78, 5) is 19.5. The molecule has 158 valence electrons. The molecule has 1 fully saturated rings. The number of H-pyrrole nitrogens is 1. The van der Waals surface area contributed by atoms with Gasteiger partial charge in [-0.15, -0.1) is 6.58 Å². The lowest BCUT2D eigenvalue weighted by atomic mass is 9.81. The lowest BCUT2D eigenvalue weighted by molar-refractivity contribution is -0.123. The van der Waals surface area contributed by atoms with Crippen molar-refractivity contribution in [1.82, 2.24) is 15.3 Å². The van der Waals surface area contributed by atoms with E-state index in [1.54, 1.807) is 6.20 Å². The highest BCUT2D eigenvalue weighted by Crippen LogP contribution is 2.29.